The highest BCUT2D eigenvalue weighted by Gasteiger charge is 2.38. The van der Waals surface area contributed by atoms with Gasteiger partial charge in [0.25, 0.3) is 0 Å². The normalized spacial score (nSPS) is 20.9. The van der Waals surface area contributed by atoms with Gasteiger partial charge >= 0.3 is 12.2 Å². The van der Waals surface area contributed by atoms with Gasteiger partial charge in [-0.05, 0) is 57.1 Å². The second-order valence-corrected chi connectivity index (χ2v) is 8.91. The first-order chi connectivity index (χ1) is 16.0. The van der Waals surface area contributed by atoms with Crippen LogP contribution in [-0.4, -0.2) is 56.8 Å². The van der Waals surface area contributed by atoms with E-state index in [1.807, 2.05) is 12.1 Å². The summed E-state index contributed by atoms with van der Waals surface area (Å²) >= 11 is 0. The molecule has 1 N–H and O–H groups in total. The molecule has 2 unspecified atom stereocenters. The second-order valence-electron chi connectivity index (χ2n) is 8.91. The number of hydrogen-bond acceptors (Lipinski definition) is 4. The van der Waals surface area contributed by atoms with Crippen molar-refractivity contribution in [2.75, 3.05) is 48.9 Å². The molecule has 4 rings (SSSR count). The molecule has 2 aromatic carbocycles. The molecule has 2 aliphatic heterocycles. The van der Waals surface area contributed by atoms with E-state index in [1.165, 1.54) is 4.90 Å². The molecule has 2 aromatic rings. The number of carbonyl (C=O) groups is 1. The van der Waals surface area contributed by atoms with Crippen molar-refractivity contribution in [1.82, 2.24) is 4.90 Å². The standard InChI is InChI=1S/C24H28F4N4O2/c1-14-12-31(13-15(2)30(14)3)20-11-19-16(10-21(20)34-4)8-9-32(19)23(33)29-18-7-5-6-17(25)22(18)24(26,27)28/h5-7,10-11,14-15H,8-9,12-13H2,1-4H3,(H,29,33). The predicted molar refractivity (Wildman–Crippen MR) is 123 cm³/mol. The maximum Gasteiger partial charge on any atom is 0.421 e. The first-order valence-corrected chi connectivity index (χ1v) is 11.1. The molecule has 0 aliphatic carbocycles. The van der Waals surface area contributed by atoms with Crippen LogP contribution in [0.4, 0.5) is 39.4 Å². The lowest BCUT2D eigenvalue weighted by Crippen LogP contribution is -2.55. The smallest absolute Gasteiger partial charge is 0.421 e. The van der Waals surface area contributed by atoms with Gasteiger partial charge in [-0.15, -0.1) is 0 Å². The van der Waals surface area contributed by atoms with E-state index in [0.717, 1.165) is 42.5 Å². The summed E-state index contributed by atoms with van der Waals surface area (Å²) in [6, 6.07) is 6.51. The van der Waals surface area contributed by atoms with Crippen molar-refractivity contribution in [2.24, 2.45) is 0 Å². The Labute approximate surface area is 196 Å². The summed E-state index contributed by atoms with van der Waals surface area (Å²) in [7, 11) is 3.68. The molecule has 1 saturated heterocycles. The molecule has 2 amide bonds. The maximum atomic E-state index is 13.9. The number of halogens is 4. The molecular weight excluding hydrogens is 452 g/mol. The number of fused-ring (bicyclic) bond motifs is 1. The summed E-state index contributed by atoms with van der Waals surface area (Å²) in [6.45, 7) is 6.10. The van der Waals surface area contributed by atoms with Crippen molar-refractivity contribution in [3.8, 4) is 5.75 Å². The minimum absolute atomic E-state index is 0.292. The lowest BCUT2D eigenvalue weighted by molar-refractivity contribution is -0.139. The van der Waals surface area contributed by atoms with E-state index in [9.17, 15) is 22.4 Å². The lowest BCUT2D eigenvalue weighted by atomic mass is 10.1. The number of benzene rings is 2. The van der Waals surface area contributed by atoms with Crippen molar-refractivity contribution < 1.29 is 27.1 Å². The molecule has 1 fully saturated rings. The van der Waals surface area contributed by atoms with E-state index in [4.69, 9.17) is 4.74 Å². The Hall–Kier alpha value is -3.01. The number of anilines is 3. The van der Waals surface area contributed by atoms with Gasteiger partial charge in [0.1, 0.15) is 17.1 Å². The Bertz CT molecular complexity index is 1080. The number of alkyl halides is 3. The van der Waals surface area contributed by atoms with Crippen molar-refractivity contribution in [2.45, 2.75) is 38.5 Å². The lowest BCUT2D eigenvalue weighted by Gasteiger charge is -2.44. The average molecular weight is 481 g/mol. The largest absolute Gasteiger partial charge is 0.495 e. The van der Waals surface area contributed by atoms with Gasteiger partial charge < -0.3 is 15.0 Å². The monoisotopic (exact) mass is 480 g/mol. The zero-order valence-corrected chi connectivity index (χ0v) is 19.5. The Morgan fingerprint density at radius 3 is 2.41 bits per heavy atom. The molecule has 2 heterocycles. The zero-order chi connectivity index (χ0) is 24.8. The number of nitrogens with one attached hydrogen (secondary N) is 1. The first kappa shape index (κ1) is 24.1. The molecule has 0 saturated carbocycles. The van der Waals surface area contributed by atoms with E-state index in [1.54, 1.807) is 7.11 Å². The van der Waals surface area contributed by atoms with Crippen LogP contribution >= 0.6 is 0 Å². The third-order valence-electron chi connectivity index (χ3n) is 6.76. The fraction of sp³-hybridized carbons (Fsp3) is 0.458. The molecule has 2 atom stereocenters. The number of methoxy groups -OCH3 is 1. The van der Waals surface area contributed by atoms with Gasteiger partial charge in [0.2, 0.25) is 0 Å². The predicted octanol–water partition coefficient (Wildman–Crippen LogP) is 4.98. The summed E-state index contributed by atoms with van der Waals surface area (Å²) in [5.74, 6) is -0.744. The number of amides is 2. The van der Waals surface area contributed by atoms with Crippen LogP contribution in [0, 0.1) is 5.82 Å². The number of piperazine rings is 1. The average Bonchev–Trinajstić information content (AvgIpc) is 3.18. The van der Waals surface area contributed by atoms with Gasteiger partial charge in [-0.3, -0.25) is 9.80 Å². The van der Waals surface area contributed by atoms with Crippen molar-refractivity contribution in [3.63, 3.8) is 0 Å². The highest BCUT2D eigenvalue weighted by molar-refractivity contribution is 6.04. The van der Waals surface area contributed by atoms with Crippen LogP contribution in [-0.2, 0) is 12.6 Å². The molecule has 184 valence electrons. The topological polar surface area (TPSA) is 48.1 Å². The highest BCUT2D eigenvalue weighted by Crippen LogP contribution is 2.41. The van der Waals surface area contributed by atoms with Crippen LogP contribution < -0.4 is 19.9 Å². The Morgan fingerprint density at radius 2 is 1.79 bits per heavy atom. The van der Waals surface area contributed by atoms with E-state index in [2.05, 4.69) is 36.0 Å². The molecular formula is C24H28F4N4O2. The van der Waals surface area contributed by atoms with Gasteiger partial charge in [-0.2, -0.15) is 13.2 Å². The SMILES string of the molecule is COc1cc2c(cc1N1CC(C)N(C)C(C)C1)N(C(=O)Nc1cccc(F)c1C(F)(F)F)CC2. The summed E-state index contributed by atoms with van der Waals surface area (Å²) in [5, 5.41) is 2.26. The molecule has 2 aliphatic rings. The van der Waals surface area contributed by atoms with Crippen LogP contribution in [0.2, 0.25) is 0 Å². The minimum Gasteiger partial charge on any atom is -0.495 e. The van der Waals surface area contributed by atoms with E-state index in [-0.39, 0.29) is 0 Å². The minimum atomic E-state index is -4.94. The number of urea groups is 1. The summed E-state index contributed by atoms with van der Waals surface area (Å²) < 4.78 is 59.7. The summed E-state index contributed by atoms with van der Waals surface area (Å²) in [5.41, 5.74) is 0.202. The van der Waals surface area contributed by atoms with Crippen molar-refractivity contribution in [3.05, 3.63) is 47.3 Å². The number of likely N-dealkylation sites (N-methyl/N-ethyl adjacent to an activating group) is 1. The van der Waals surface area contributed by atoms with Crippen LogP contribution in [0.25, 0.3) is 0 Å². The maximum absolute atomic E-state index is 13.9. The molecule has 0 radical (unpaired) electrons. The van der Waals surface area contributed by atoms with Gasteiger partial charge in [-0.1, -0.05) is 6.07 Å². The summed E-state index contributed by atoms with van der Waals surface area (Å²) in [4.78, 5) is 18.9. The van der Waals surface area contributed by atoms with Crippen molar-refractivity contribution in [1.29, 1.82) is 0 Å². The van der Waals surface area contributed by atoms with Gasteiger partial charge in [0.15, 0.2) is 0 Å². The number of nitrogens with zero attached hydrogens (tertiary/aromatic N) is 3. The van der Waals surface area contributed by atoms with E-state index in [0.29, 0.717) is 36.5 Å². The fourth-order valence-electron chi connectivity index (χ4n) is 4.73. The van der Waals surface area contributed by atoms with Crippen LogP contribution in [0.15, 0.2) is 30.3 Å². The molecule has 0 aromatic heterocycles. The number of rotatable bonds is 3. The highest BCUT2D eigenvalue weighted by atomic mass is 19.4. The second kappa shape index (κ2) is 8.98. The Morgan fingerprint density at radius 1 is 1.12 bits per heavy atom. The molecule has 10 heteroatoms. The van der Waals surface area contributed by atoms with E-state index >= 15 is 0 Å². The number of hydrogen-bond donors (Lipinski definition) is 1. The quantitative estimate of drug-likeness (QED) is 0.630. The van der Waals surface area contributed by atoms with Crippen LogP contribution in [0.5, 0.6) is 5.75 Å². The van der Waals surface area contributed by atoms with Gasteiger partial charge in [-0.25, -0.2) is 9.18 Å². The molecule has 6 nitrogen and oxygen atoms in total. The Kier molecular flexibility index (Phi) is 6.37. The first-order valence-electron chi connectivity index (χ1n) is 11.1. The van der Waals surface area contributed by atoms with Crippen LogP contribution in [0.1, 0.15) is 25.0 Å². The molecule has 0 bridgehead atoms. The fourth-order valence-corrected chi connectivity index (χ4v) is 4.73. The third-order valence-corrected chi connectivity index (χ3v) is 6.76. The number of carbonyl (C=O) groups excluding carboxylic acids is 1. The molecule has 0 spiro atoms. The summed E-state index contributed by atoms with van der Waals surface area (Å²) in [6.07, 6.45) is -4.41. The van der Waals surface area contributed by atoms with Crippen LogP contribution in [0.3, 0.4) is 0 Å². The zero-order valence-electron chi connectivity index (χ0n) is 19.5. The van der Waals surface area contributed by atoms with Gasteiger partial charge in [0, 0.05) is 31.7 Å². The Balaban J connectivity index is 1.65. The third kappa shape index (κ3) is 4.38. The van der Waals surface area contributed by atoms with E-state index < -0.39 is 29.3 Å². The van der Waals surface area contributed by atoms with Crippen molar-refractivity contribution >= 4 is 23.1 Å². The number of ether oxygens (including phenoxy) is 1. The van der Waals surface area contributed by atoms with Gasteiger partial charge in [0.05, 0.1) is 24.2 Å². The molecule has 34 heavy (non-hydrogen) atoms.